The second-order valence-electron chi connectivity index (χ2n) is 3.99. The first-order chi connectivity index (χ1) is 9.25. The summed E-state index contributed by atoms with van der Waals surface area (Å²) in [6, 6.07) is 1.08. The lowest BCUT2D eigenvalue weighted by Crippen LogP contribution is -2.15. The van der Waals surface area contributed by atoms with Crippen molar-refractivity contribution < 1.29 is 22.7 Å². The molecular formula is C11H10F3N3O3. The van der Waals surface area contributed by atoms with Gasteiger partial charge in [0.05, 0.1) is 6.61 Å². The molecule has 0 radical (unpaired) electrons. The topological polar surface area (TPSA) is 76.5 Å². The number of fused-ring (bicyclic) bond motifs is 1. The van der Waals surface area contributed by atoms with E-state index in [1.165, 1.54) is 13.8 Å². The van der Waals surface area contributed by atoms with Crippen LogP contribution in [-0.2, 0) is 10.9 Å². The number of hydrogen-bond donors (Lipinski definition) is 1. The predicted octanol–water partition coefficient (Wildman–Crippen LogP) is 1.53. The van der Waals surface area contributed by atoms with Crippen molar-refractivity contribution >= 4 is 11.6 Å². The highest BCUT2D eigenvalue weighted by Crippen LogP contribution is 2.32. The molecule has 0 saturated heterocycles. The average molecular weight is 289 g/mol. The molecule has 0 unspecified atom stereocenters. The molecule has 0 fully saturated rings. The SMILES string of the molecule is CCOC(=O)c1c(C(F)(F)F)nn2c(=O)cc(C)[nH]c12. The maximum Gasteiger partial charge on any atom is 0.436 e. The largest absolute Gasteiger partial charge is 0.462 e. The normalized spacial score (nSPS) is 11.8. The molecule has 0 amide bonds. The van der Waals surface area contributed by atoms with E-state index < -0.39 is 29.0 Å². The van der Waals surface area contributed by atoms with Crippen LogP contribution in [0.25, 0.3) is 5.65 Å². The fourth-order valence-corrected chi connectivity index (χ4v) is 1.76. The van der Waals surface area contributed by atoms with Crippen molar-refractivity contribution in [2.24, 2.45) is 0 Å². The molecule has 1 N–H and O–H groups in total. The van der Waals surface area contributed by atoms with Crippen LogP contribution in [0.1, 0.15) is 28.7 Å². The van der Waals surface area contributed by atoms with Gasteiger partial charge in [0.25, 0.3) is 5.56 Å². The molecule has 2 heterocycles. The van der Waals surface area contributed by atoms with Crippen LogP contribution in [0.15, 0.2) is 10.9 Å². The van der Waals surface area contributed by atoms with E-state index in [4.69, 9.17) is 0 Å². The summed E-state index contributed by atoms with van der Waals surface area (Å²) in [6.07, 6.45) is -4.87. The van der Waals surface area contributed by atoms with Gasteiger partial charge < -0.3 is 9.72 Å². The molecule has 20 heavy (non-hydrogen) atoms. The van der Waals surface area contributed by atoms with E-state index >= 15 is 0 Å². The Balaban J connectivity index is 2.85. The quantitative estimate of drug-likeness (QED) is 0.850. The lowest BCUT2D eigenvalue weighted by molar-refractivity contribution is -0.141. The Kier molecular flexibility index (Phi) is 3.28. The molecule has 0 aliphatic heterocycles. The van der Waals surface area contributed by atoms with Crippen molar-refractivity contribution in [3.63, 3.8) is 0 Å². The highest BCUT2D eigenvalue weighted by atomic mass is 19.4. The molecule has 2 rings (SSSR count). The number of H-pyrrole nitrogens is 1. The first kappa shape index (κ1) is 14.1. The van der Waals surface area contributed by atoms with Crippen LogP contribution in [0.4, 0.5) is 13.2 Å². The Morgan fingerprint density at radius 1 is 1.50 bits per heavy atom. The number of carbonyl (C=O) groups is 1. The minimum absolute atomic E-state index is 0.0937. The summed E-state index contributed by atoms with van der Waals surface area (Å²) >= 11 is 0. The van der Waals surface area contributed by atoms with E-state index in [2.05, 4.69) is 14.8 Å². The monoisotopic (exact) mass is 289 g/mol. The third-order valence-corrected chi connectivity index (χ3v) is 2.50. The lowest BCUT2D eigenvalue weighted by Gasteiger charge is -2.05. The zero-order valence-electron chi connectivity index (χ0n) is 10.5. The third kappa shape index (κ3) is 2.26. The molecule has 2 aromatic heterocycles. The van der Waals surface area contributed by atoms with Crippen LogP contribution in [0.2, 0.25) is 0 Å². The summed E-state index contributed by atoms with van der Waals surface area (Å²) in [6.45, 7) is 2.85. The molecule has 0 aliphatic carbocycles. The number of aromatic amines is 1. The van der Waals surface area contributed by atoms with Gasteiger partial charge in [-0.15, -0.1) is 0 Å². The molecule has 0 saturated carbocycles. The van der Waals surface area contributed by atoms with Crippen molar-refractivity contribution in [3.8, 4) is 0 Å². The summed E-state index contributed by atoms with van der Waals surface area (Å²) in [4.78, 5) is 25.9. The van der Waals surface area contributed by atoms with Gasteiger partial charge in [0.2, 0.25) is 0 Å². The Morgan fingerprint density at radius 3 is 2.70 bits per heavy atom. The smallest absolute Gasteiger partial charge is 0.436 e. The predicted molar refractivity (Wildman–Crippen MR) is 61.5 cm³/mol. The van der Waals surface area contributed by atoms with Crippen LogP contribution in [-0.4, -0.2) is 27.2 Å². The summed E-state index contributed by atoms with van der Waals surface area (Å²) in [5, 5.41) is 3.17. The third-order valence-electron chi connectivity index (χ3n) is 2.50. The van der Waals surface area contributed by atoms with E-state index in [0.29, 0.717) is 10.2 Å². The average Bonchev–Trinajstić information content (AvgIpc) is 2.68. The summed E-state index contributed by atoms with van der Waals surface area (Å²) < 4.78 is 43.9. The number of carbonyl (C=O) groups excluding carboxylic acids is 1. The molecule has 0 bridgehead atoms. The van der Waals surface area contributed by atoms with Gasteiger partial charge in [-0.3, -0.25) is 4.79 Å². The van der Waals surface area contributed by atoms with E-state index in [0.717, 1.165) is 6.07 Å². The Labute approximate surface area is 110 Å². The Morgan fingerprint density at radius 2 is 2.15 bits per heavy atom. The first-order valence-corrected chi connectivity index (χ1v) is 5.62. The van der Waals surface area contributed by atoms with Crippen LogP contribution >= 0.6 is 0 Å². The van der Waals surface area contributed by atoms with E-state index in [-0.39, 0.29) is 12.3 Å². The van der Waals surface area contributed by atoms with Crippen molar-refractivity contribution in [2.45, 2.75) is 20.0 Å². The van der Waals surface area contributed by atoms with Crippen LogP contribution in [0, 0.1) is 6.92 Å². The first-order valence-electron chi connectivity index (χ1n) is 5.62. The van der Waals surface area contributed by atoms with E-state index in [1.54, 1.807) is 0 Å². The van der Waals surface area contributed by atoms with Crippen molar-refractivity contribution in [1.29, 1.82) is 0 Å². The lowest BCUT2D eigenvalue weighted by atomic mass is 10.2. The van der Waals surface area contributed by atoms with Gasteiger partial charge in [-0.25, -0.2) is 4.79 Å². The van der Waals surface area contributed by atoms with E-state index in [1.807, 2.05) is 0 Å². The van der Waals surface area contributed by atoms with Gasteiger partial charge in [0.1, 0.15) is 5.56 Å². The number of nitrogens with one attached hydrogen (secondary N) is 1. The summed E-state index contributed by atoms with van der Waals surface area (Å²) in [5.41, 5.74) is -3.03. The van der Waals surface area contributed by atoms with Crippen LogP contribution < -0.4 is 5.56 Å². The molecule has 2 aromatic rings. The highest BCUT2D eigenvalue weighted by Gasteiger charge is 2.41. The van der Waals surface area contributed by atoms with Crippen molar-refractivity contribution in [3.05, 3.63) is 33.4 Å². The number of esters is 1. The molecule has 0 atom stereocenters. The van der Waals surface area contributed by atoms with Gasteiger partial charge in [0.15, 0.2) is 11.3 Å². The number of alkyl halides is 3. The minimum atomic E-state index is -4.87. The maximum absolute atomic E-state index is 12.9. The van der Waals surface area contributed by atoms with Crippen molar-refractivity contribution in [2.75, 3.05) is 6.61 Å². The number of halogens is 3. The fraction of sp³-hybridized carbons (Fsp3) is 0.364. The molecule has 0 spiro atoms. The Hall–Kier alpha value is -2.32. The number of ether oxygens (including phenoxy) is 1. The van der Waals surface area contributed by atoms with Gasteiger partial charge in [0, 0.05) is 11.8 Å². The molecule has 0 aromatic carbocycles. The Bertz CT molecular complexity index is 730. The molecule has 9 heteroatoms. The molecular weight excluding hydrogens is 279 g/mol. The van der Waals surface area contributed by atoms with Gasteiger partial charge in [-0.05, 0) is 13.8 Å². The van der Waals surface area contributed by atoms with Gasteiger partial charge in [-0.1, -0.05) is 0 Å². The maximum atomic E-state index is 12.9. The summed E-state index contributed by atoms with van der Waals surface area (Å²) in [5.74, 6) is -1.18. The zero-order chi connectivity index (χ0) is 15.1. The second kappa shape index (κ2) is 4.66. The number of aryl methyl sites for hydroxylation is 1. The van der Waals surface area contributed by atoms with Crippen molar-refractivity contribution in [1.82, 2.24) is 14.6 Å². The fourth-order valence-electron chi connectivity index (χ4n) is 1.76. The molecule has 108 valence electrons. The van der Waals surface area contributed by atoms with Crippen LogP contribution in [0.3, 0.4) is 0 Å². The summed E-state index contributed by atoms with van der Waals surface area (Å²) in [7, 11) is 0. The van der Waals surface area contributed by atoms with E-state index in [9.17, 15) is 22.8 Å². The van der Waals surface area contributed by atoms with Crippen LogP contribution in [0.5, 0.6) is 0 Å². The highest BCUT2D eigenvalue weighted by molar-refractivity contribution is 5.97. The molecule has 0 aliphatic rings. The van der Waals surface area contributed by atoms with Gasteiger partial charge >= 0.3 is 12.1 Å². The van der Waals surface area contributed by atoms with Gasteiger partial charge in [-0.2, -0.15) is 22.8 Å². The standard InChI is InChI=1S/C11H10F3N3O3/c1-3-20-10(19)7-8(11(12,13)14)16-17-6(18)4-5(2)15-9(7)17/h4,15H,3H2,1-2H3. The minimum Gasteiger partial charge on any atom is -0.462 e. The molecule has 6 nitrogen and oxygen atoms in total. The number of rotatable bonds is 2. The number of aromatic nitrogens is 3. The zero-order valence-corrected chi connectivity index (χ0v) is 10.5. The number of nitrogens with zero attached hydrogens (tertiary/aromatic N) is 2. The number of hydrogen-bond acceptors (Lipinski definition) is 4. The second-order valence-corrected chi connectivity index (χ2v) is 3.99.